The highest BCUT2D eigenvalue weighted by Crippen LogP contribution is 2.37. The maximum Gasteiger partial charge on any atom is 0.132 e. The van der Waals surface area contributed by atoms with Crippen molar-refractivity contribution in [2.75, 3.05) is 13.1 Å². The molecule has 22 heavy (non-hydrogen) atoms. The summed E-state index contributed by atoms with van der Waals surface area (Å²) in [5.41, 5.74) is 0.0466. The molecule has 0 bridgehead atoms. The molecule has 118 valence electrons. The smallest absolute Gasteiger partial charge is 0.132 e. The lowest BCUT2D eigenvalue weighted by atomic mass is 9.70. The lowest BCUT2D eigenvalue weighted by molar-refractivity contribution is -0.0992. The van der Waals surface area contributed by atoms with Crippen LogP contribution in [0.15, 0.2) is 36.8 Å². The van der Waals surface area contributed by atoms with Crippen LogP contribution in [0.25, 0.3) is 11.3 Å². The second kappa shape index (κ2) is 5.48. The minimum atomic E-state index is -0.800. The number of imidazole rings is 1. The summed E-state index contributed by atoms with van der Waals surface area (Å²) in [5, 5.41) is 14.3. The van der Waals surface area contributed by atoms with Gasteiger partial charge in [0.05, 0.1) is 24.2 Å². The fourth-order valence-electron chi connectivity index (χ4n) is 3.05. The molecule has 0 spiro atoms. The summed E-state index contributed by atoms with van der Waals surface area (Å²) in [5.74, 6) is -0.284. The topological polar surface area (TPSA) is 50.1 Å². The first kappa shape index (κ1) is 15.2. The van der Waals surface area contributed by atoms with Crippen molar-refractivity contribution >= 4 is 0 Å². The van der Waals surface area contributed by atoms with E-state index in [2.05, 4.69) is 24.1 Å². The highest BCUT2D eigenvalue weighted by molar-refractivity contribution is 5.58. The highest BCUT2D eigenvalue weighted by Gasteiger charge is 2.45. The molecule has 1 atom stereocenters. The normalized spacial score (nSPS) is 24.4. The molecular weight excluding hydrogens is 281 g/mol. The molecule has 0 saturated carbocycles. The number of nitrogens with one attached hydrogen (secondary N) is 1. The molecule has 1 unspecified atom stereocenters. The lowest BCUT2D eigenvalue weighted by Crippen LogP contribution is -2.57. The molecule has 0 radical (unpaired) electrons. The van der Waals surface area contributed by atoms with Crippen molar-refractivity contribution in [3.63, 3.8) is 0 Å². The van der Waals surface area contributed by atoms with Crippen LogP contribution in [0.1, 0.15) is 20.3 Å². The number of aliphatic hydroxyl groups is 1. The van der Waals surface area contributed by atoms with Crippen LogP contribution < -0.4 is 5.32 Å². The van der Waals surface area contributed by atoms with Gasteiger partial charge in [-0.05, 0) is 25.1 Å². The Balaban J connectivity index is 1.84. The first-order valence-corrected chi connectivity index (χ1v) is 7.61. The minimum absolute atomic E-state index is 0.228. The van der Waals surface area contributed by atoms with Gasteiger partial charge in [-0.2, -0.15) is 0 Å². The van der Waals surface area contributed by atoms with Crippen molar-refractivity contribution in [3.8, 4) is 11.3 Å². The zero-order chi connectivity index (χ0) is 15.8. The van der Waals surface area contributed by atoms with Crippen LogP contribution in [0.3, 0.4) is 0 Å². The summed E-state index contributed by atoms with van der Waals surface area (Å²) in [6, 6.07) is 6.60. The molecule has 2 aromatic rings. The molecule has 5 heteroatoms. The molecule has 1 aliphatic rings. The first-order chi connectivity index (χ1) is 10.4. The predicted molar refractivity (Wildman–Crippen MR) is 83.8 cm³/mol. The van der Waals surface area contributed by atoms with Gasteiger partial charge in [-0.25, -0.2) is 9.37 Å². The quantitative estimate of drug-likeness (QED) is 0.915. The van der Waals surface area contributed by atoms with Crippen LogP contribution in [0.4, 0.5) is 4.39 Å². The van der Waals surface area contributed by atoms with E-state index in [1.807, 2.05) is 4.57 Å². The summed E-state index contributed by atoms with van der Waals surface area (Å²) in [4.78, 5) is 4.29. The SMILES string of the molecule is CC1(C)CNCCC1(O)Cn1cnc(-c2ccccc2F)c1. The van der Waals surface area contributed by atoms with E-state index in [4.69, 9.17) is 0 Å². The van der Waals surface area contributed by atoms with Gasteiger partial charge < -0.3 is 15.0 Å². The Morgan fingerprint density at radius 3 is 2.86 bits per heavy atom. The van der Waals surface area contributed by atoms with Gasteiger partial charge in [0.15, 0.2) is 0 Å². The van der Waals surface area contributed by atoms with Gasteiger partial charge in [-0.3, -0.25) is 0 Å². The number of aromatic nitrogens is 2. The molecule has 0 aliphatic carbocycles. The van der Waals surface area contributed by atoms with Gasteiger partial charge in [-0.1, -0.05) is 26.0 Å². The average molecular weight is 303 g/mol. The molecule has 3 rings (SSSR count). The van der Waals surface area contributed by atoms with Crippen LogP contribution >= 0.6 is 0 Å². The van der Waals surface area contributed by atoms with Crippen LogP contribution in [0.2, 0.25) is 0 Å². The summed E-state index contributed by atoms with van der Waals surface area (Å²) in [6.45, 7) is 6.16. The molecule has 2 heterocycles. The van der Waals surface area contributed by atoms with Crippen LogP contribution in [0, 0.1) is 11.2 Å². The van der Waals surface area contributed by atoms with E-state index in [0.29, 0.717) is 24.2 Å². The number of hydrogen-bond donors (Lipinski definition) is 2. The maximum atomic E-state index is 13.8. The Hall–Kier alpha value is -1.72. The molecule has 4 nitrogen and oxygen atoms in total. The second-order valence-corrected chi connectivity index (χ2v) is 6.75. The molecule has 2 N–H and O–H groups in total. The fourth-order valence-corrected chi connectivity index (χ4v) is 3.05. The fraction of sp³-hybridized carbons (Fsp3) is 0.471. The number of halogens is 1. The average Bonchev–Trinajstić information content (AvgIpc) is 2.91. The van der Waals surface area contributed by atoms with E-state index in [9.17, 15) is 9.50 Å². The third-order valence-corrected chi connectivity index (χ3v) is 4.77. The first-order valence-electron chi connectivity index (χ1n) is 7.61. The van der Waals surface area contributed by atoms with E-state index >= 15 is 0 Å². The van der Waals surface area contributed by atoms with Gasteiger partial charge in [0.1, 0.15) is 5.82 Å². The number of piperidine rings is 1. The molecule has 0 amide bonds. The van der Waals surface area contributed by atoms with E-state index in [0.717, 1.165) is 13.1 Å². The van der Waals surface area contributed by atoms with Crippen molar-refractivity contribution in [1.29, 1.82) is 0 Å². The number of rotatable bonds is 3. The minimum Gasteiger partial charge on any atom is -0.387 e. The monoisotopic (exact) mass is 303 g/mol. The molecule has 1 aromatic heterocycles. The van der Waals surface area contributed by atoms with Crippen LogP contribution in [-0.2, 0) is 6.54 Å². The van der Waals surface area contributed by atoms with E-state index in [1.54, 1.807) is 30.7 Å². The van der Waals surface area contributed by atoms with Crippen LogP contribution in [0.5, 0.6) is 0 Å². The maximum absolute atomic E-state index is 13.8. The van der Waals surface area contributed by atoms with Crippen molar-refractivity contribution in [2.24, 2.45) is 5.41 Å². The van der Waals surface area contributed by atoms with Crippen LogP contribution in [-0.4, -0.2) is 33.3 Å². The Morgan fingerprint density at radius 1 is 1.36 bits per heavy atom. The largest absolute Gasteiger partial charge is 0.387 e. The Labute approximate surface area is 130 Å². The number of nitrogens with zero attached hydrogens (tertiary/aromatic N) is 2. The Bertz CT molecular complexity index is 667. The summed E-state index contributed by atoms with van der Waals surface area (Å²) in [7, 11) is 0. The summed E-state index contributed by atoms with van der Waals surface area (Å²) >= 11 is 0. The van der Waals surface area contributed by atoms with Crippen molar-refractivity contribution in [3.05, 3.63) is 42.6 Å². The number of hydrogen-bond acceptors (Lipinski definition) is 3. The molecular formula is C17H22FN3O. The standard InChI is InChI=1S/C17H22FN3O/c1-16(2)10-19-8-7-17(16,22)11-21-9-15(20-12-21)13-5-3-4-6-14(13)18/h3-6,9,12,19,22H,7-8,10-11H2,1-2H3. The summed E-state index contributed by atoms with van der Waals surface area (Å²) in [6.07, 6.45) is 4.15. The second-order valence-electron chi connectivity index (χ2n) is 6.75. The van der Waals surface area contributed by atoms with E-state index < -0.39 is 5.60 Å². The van der Waals surface area contributed by atoms with Gasteiger partial charge in [0.25, 0.3) is 0 Å². The third-order valence-electron chi connectivity index (χ3n) is 4.77. The van der Waals surface area contributed by atoms with Gasteiger partial charge in [0, 0.05) is 23.7 Å². The lowest BCUT2D eigenvalue weighted by Gasteiger charge is -2.46. The predicted octanol–water partition coefficient (Wildman–Crippen LogP) is 2.44. The summed E-state index contributed by atoms with van der Waals surface area (Å²) < 4.78 is 15.7. The molecule has 1 aliphatic heterocycles. The van der Waals surface area contributed by atoms with Crippen molar-refractivity contribution < 1.29 is 9.50 Å². The molecule has 1 aromatic carbocycles. The van der Waals surface area contributed by atoms with Crippen molar-refractivity contribution in [2.45, 2.75) is 32.4 Å². The Morgan fingerprint density at radius 2 is 2.14 bits per heavy atom. The molecule has 1 saturated heterocycles. The Kier molecular flexibility index (Phi) is 3.78. The van der Waals surface area contributed by atoms with Gasteiger partial charge in [0.2, 0.25) is 0 Å². The highest BCUT2D eigenvalue weighted by atomic mass is 19.1. The van der Waals surface area contributed by atoms with Gasteiger partial charge in [-0.15, -0.1) is 0 Å². The van der Waals surface area contributed by atoms with E-state index in [1.165, 1.54) is 6.07 Å². The van der Waals surface area contributed by atoms with E-state index in [-0.39, 0.29) is 11.2 Å². The van der Waals surface area contributed by atoms with Gasteiger partial charge >= 0.3 is 0 Å². The zero-order valence-electron chi connectivity index (χ0n) is 13.0. The number of benzene rings is 1. The van der Waals surface area contributed by atoms with Crippen molar-refractivity contribution in [1.82, 2.24) is 14.9 Å². The zero-order valence-corrected chi connectivity index (χ0v) is 13.0. The third kappa shape index (κ3) is 2.66. The molecule has 1 fully saturated rings.